The van der Waals surface area contributed by atoms with Gasteiger partial charge in [-0.25, -0.2) is 9.97 Å². The van der Waals surface area contributed by atoms with Crippen LogP contribution >= 0.6 is 0 Å². The van der Waals surface area contributed by atoms with Crippen molar-refractivity contribution >= 4 is 11.9 Å². The number of carbonyl (C=O) groups is 1. The minimum Gasteiger partial charge on any atom is -0.368 e. The van der Waals surface area contributed by atoms with E-state index in [1.807, 2.05) is 31.1 Å². The number of aromatic nitrogens is 4. The van der Waals surface area contributed by atoms with E-state index in [-0.39, 0.29) is 12.0 Å². The molecule has 0 saturated carbocycles. The second-order valence-electron chi connectivity index (χ2n) is 6.31. The summed E-state index contributed by atoms with van der Waals surface area (Å²) in [5.74, 6) is 0.551. The van der Waals surface area contributed by atoms with Crippen molar-refractivity contribution < 1.29 is 9.53 Å². The summed E-state index contributed by atoms with van der Waals surface area (Å²) in [6, 6.07) is 3.67. The van der Waals surface area contributed by atoms with Crippen molar-refractivity contribution in [2.24, 2.45) is 0 Å². The molecule has 1 unspecified atom stereocenters. The van der Waals surface area contributed by atoms with Gasteiger partial charge >= 0.3 is 0 Å². The van der Waals surface area contributed by atoms with E-state index in [0.29, 0.717) is 31.3 Å². The molecule has 8 nitrogen and oxygen atoms in total. The normalized spacial score (nSPS) is 17.6. The zero-order valence-corrected chi connectivity index (χ0v) is 14.9. The first-order valence-electron chi connectivity index (χ1n) is 8.54. The lowest BCUT2D eigenvalue weighted by atomic mass is 10.2. The number of rotatable bonds is 5. The molecule has 1 aliphatic rings. The van der Waals surface area contributed by atoms with Crippen LogP contribution in [0.3, 0.4) is 0 Å². The number of amides is 1. The number of hydrogen-bond acceptors (Lipinski definition) is 6. The number of nitrogens with one attached hydrogen (secondary N) is 1. The lowest BCUT2D eigenvalue weighted by Gasteiger charge is -2.32. The Morgan fingerprint density at radius 3 is 3.08 bits per heavy atom. The van der Waals surface area contributed by atoms with E-state index in [0.717, 1.165) is 24.2 Å². The van der Waals surface area contributed by atoms with Crippen LogP contribution < -0.4 is 4.90 Å². The third-order valence-corrected chi connectivity index (χ3v) is 4.12. The first-order chi connectivity index (χ1) is 12.1. The standard InChI is InChI=1S/C17H24N6O2/c1-4-5-12-10-14(21-20-12)16(24)23-8-9-25-15(11-23)13-6-7-18-17(19-13)22(2)3/h6-7,10,15H,4-5,8-9,11H2,1-3H3,(H,20,21). The highest BCUT2D eigenvalue weighted by Gasteiger charge is 2.28. The number of nitrogens with zero attached hydrogens (tertiary/aromatic N) is 5. The van der Waals surface area contributed by atoms with Gasteiger partial charge in [-0.05, 0) is 18.6 Å². The molecule has 8 heteroatoms. The van der Waals surface area contributed by atoms with Crippen molar-refractivity contribution in [2.45, 2.75) is 25.9 Å². The Morgan fingerprint density at radius 1 is 1.48 bits per heavy atom. The number of morpholine rings is 1. The fourth-order valence-corrected chi connectivity index (χ4v) is 2.80. The molecule has 1 atom stereocenters. The molecular formula is C17H24N6O2. The smallest absolute Gasteiger partial charge is 0.274 e. The van der Waals surface area contributed by atoms with E-state index in [1.165, 1.54) is 0 Å². The highest BCUT2D eigenvalue weighted by Crippen LogP contribution is 2.22. The zero-order valence-electron chi connectivity index (χ0n) is 14.9. The van der Waals surface area contributed by atoms with E-state index in [2.05, 4.69) is 27.1 Å². The van der Waals surface area contributed by atoms with Gasteiger partial charge in [0.2, 0.25) is 5.95 Å². The number of ether oxygens (including phenoxy) is 1. The minimum absolute atomic E-state index is 0.0752. The summed E-state index contributed by atoms with van der Waals surface area (Å²) in [6.07, 6.45) is 3.36. The Morgan fingerprint density at radius 2 is 2.32 bits per heavy atom. The van der Waals surface area contributed by atoms with Crippen LogP contribution in [0.15, 0.2) is 18.3 Å². The van der Waals surface area contributed by atoms with Crippen molar-refractivity contribution in [2.75, 3.05) is 38.7 Å². The fourth-order valence-electron chi connectivity index (χ4n) is 2.80. The number of anilines is 1. The Hall–Kier alpha value is -2.48. The maximum Gasteiger partial charge on any atom is 0.274 e. The SMILES string of the molecule is CCCc1cc(C(=O)N2CCOC(c3ccnc(N(C)C)n3)C2)n[nH]1. The maximum absolute atomic E-state index is 12.7. The Labute approximate surface area is 147 Å². The van der Waals surface area contributed by atoms with E-state index >= 15 is 0 Å². The summed E-state index contributed by atoms with van der Waals surface area (Å²) in [5, 5.41) is 7.09. The lowest BCUT2D eigenvalue weighted by Crippen LogP contribution is -2.42. The van der Waals surface area contributed by atoms with Gasteiger partial charge in [0.15, 0.2) is 0 Å². The van der Waals surface area contributed by atoms with E-state index in [9.17, 15) is 4.79 Å². The van der Waals surface area contributed by atoms with Crippen molar-refractivity contribution in [3.05, 3.63) is 35.4 Å². The molecule has 0 aromatic carbocycles. The van der Waals surface area contributed by atoms with Crippen molar-refractivity contribution in [3.63, 3.8) is 0 Å². The van der Waals surface area contributed by atoms with Gasteiger partial charge in [-0.2, -0.15) is 5.10 Å². The van der Waals surface area contributed by atoms with Gasteiger partial charge in [0.25, 0.3) is 5.91 Å². The van der Waals surface area contributed by atoms with Crippen LogP contribution in [0.4, 0.5) is 5.95 Å². The van der Waals surface area contributed by atoms with Gasteiger partial charge in [0, 0.05) is 32.5 Å². The van der Waals surface area contributed by atoms with Gasteiger partial charge < -0.3 is 14.5 Å². The van der Waals surface area contributed by atoms with Crippen LogP contribution in [0, 0.1) is 0 Å². The molecule has 1 aliphatic heterocycles. The third kappa shape index (κ3) is 3.96. The Kier molecular flexibility index (Phi) is 5.28. The molecular weight excluding hydrogens is 320 g/mol. The molecule has 3 heterocycles. The summed E-state index contributed by atoms with van der Waals surface area (Å²) in [7, 11) is 3.78. The van der Waals surface area contributed by atoms with Gasteiger partial charge in [-0.15, -0.1) is 0 Å². The van der Waals surface area contributed by atoms with Gasteiger partial charge in [0.05, 0.1) is 18.8 Å². The molecule has 2 aromatic heterocycles. The number of carbonyl (C=O) groups excluding carboxylic acids is 1. The molecule has 2 aromatic rings. The summed E-state index contributed by atoms with van der Waals surface area (Å²) in [6.45, 7) is 3.58. The average molecular weight is 344 g/mol. The van der Waals surface area contributed by atoms with Crippen LogP contribution in [0.1, 0.15) is 41.3 Å². The van der Waals surface area contributed by atoms with Crippen LogP contribution in [0.25, 0.3) is 0 Å². The van der Waals surface area contributed by atoms with Crippen LogP contribution in [0.2, 0.25) is 0 Å². The monoisotopic (exact) mass is 344 g/mol. The largest absolute Gasteiger partial charge is 0.368 e. The first kappa shape index (κ1) is 17.3. The lowest BCUT2D eigenvalue weighted by molar-refractivity contribution is -0.0249. The van der Waals surface area contributed by atoms with Crippen molar-refractivity contribution in [1.82, 2.24) is 25.1 Å². The first-order valence-corrected chi connectivity index (χ1v) is 8.54. The van der Waals surface area contributed by atoms with E-state index < -0.39 is 0 Å². The van der Waals surface area contributed by atoms with Crippen LogP contribution in [-0.2, 0) is 11.2 Å². The third-order valence-electron chi connectivity index (χ3n) is 4.12. The average Bonchev–Trinajstić information content (AvgIpc) is 3.10. The second-order valence-corrected chi connectivity index (χ2v) is 6.31. The zero-order chi connectivity index (χ0) is 17.8. The molecule has 0 aliphatic carbocycles. The van der Waals surface area contributed by atoms with Gasteiger partial charge in [0.1, 0.15) is 11.8 Å². The van der Waals surface area contributed by atoms with Crippen molar-refractivity contribution in [3.8, 4) is 0 Å². The molecule has 1 amide bonds. The molecule has 1 N–H and O–H groups in total. The molecule has 25 heavy (non-hydrogen) atoms. The number of aromatic amines is 1. The number of aryl methyl sites for hydroxylation is 1. The molecule has 1 saturated heterocycles. The molecule has 0 spiro atoms. The van der Waals surface area contributed by atoms with Crippen LogP contribution in [0.5, 0.6) is 0 Å². The summed E-state index contributed by atoms with van der Waals surface area (Å²) in [4.78, 5) is 25.1. The van der Waals surface area contributed by atoms with E-state index in [1.54, 1.807) is 11.1 Å². The number of hydrogen-bond donors (Lipinski definition) is 1. The highest BCUT2D eigenvalue weighted by molar-refractivity contribution is 5.92. The molecule has 0 bridgehead atoms. The molecule has 3 rings (SSSR count). The molecule has 134 valence electrons. The fraction of sp³-hybridized carbons (Fsp3) is 0.529. The molecule has 0 radical (unpaired) electrons. The predicted molar refractivity (Wildman–Crippen MR) is 93.5 cm³/mol. The number of H-pyrrole nitrogens is 1. The van der Waals surface area contributed by atoms with Crippen molar-refractivity contribution in [1.29, 1.82) is 0 Å². The van der Waals surface area contributed by atoms with Gasteiger partial charge in [-0.3, -0.25) is 9.89 Å². The topological polar surface area (TPSA) is 87.2 Å². The summed E-state index contributed by atoms with van der Waals surface area (Å²) >= 11 is 0. The Bertz CT molecular complexity index is 729. The summed E-state index contributed by atoms with van der Waals surface area (Å²) in [5.41, 5.74) is 2.23. The minimum atomic E-state index is -0.256. The Balaban J connectivity index is 1.72. The summed E-state index contributed by atoms with van der Waals surface area (Å²) < 4.78 is 5.83. The predicted octanol–water partition coefficient (Wildman–Crippen LogP) is 1.43. The maximum atomic E-state index is 12.7. The van der Waals surface area contributed by atoms with Crippen LogP contribution in [-0.4, -0.2) is 64.8 Å². The van der Waals surface area contributed by atoms with Gasteiger partial charge in [-0.1, -0.05) is 13.3 Å². The quantitative estimate of drug-likeness (QED) is 0.883. The second kappa shape index (κ2) is 7.60. The highest BCUT2D eigenvalue weighted by atomic mass is 16.5. The molecule has 1 fully saturated rings. The van der Waals surface area contributed by atoms with E-state index in [4.69, 9.17) is 4.74 Å².